The normalized spacial score (nSPS) is 20.9. The van der Waals surface area contributed by atoms with Gasteiger partial charge in [0.2, 0.25) is 10.0 Å². The zero-order valence-corrected chi connectivity index (χ0v) is 14.2. The first-order valence-corrected chi connectivity index (χ1v) is 9.65. The van der Waals surface area contributed by atoms with E-state index in [1.54, 1.807) is 36.2 Å². The molecule has 2 aromatic rings. The van der Waals surface area contributed by atoms with Crippen molar-refractivity contribution in [3.63, 3.8) is 0 Å². The lowest BCUT2D eigenvalue weighted by Crippen LogP contribution is -2.33. The van der Waals surface area contributed by atoms with Gasteiger partial charge in [-0.2, -0.15) is 9.40 Å². The predicted molar refractivity (Wildman–Crippen MR) is 85.3 cm³/mol. The van der Waals surface area contributed by atoms with Gasteiger partial charge < -0.3 is 4.42 Å². The van der Waals surface area contributed by atoms with E-state index in [9.17, 15) is 8.42 Å². The molecule has 3 rings (SSSR count). The van der Waals surface area contributed by atoms with Crippen LogP contribution in [0.5, 0.6) is 0 Å². The van der Waals surface area contributed by atoms with E-state index in [1.807, 2.05) is 12.1 Å². The molecule has 3 heterocycles. The fourth-order valence-electron chi connectivity index (χ4n) is 2.74. The maximum Gasteiger partial charge on any atom is 0.246 e. The highest BCUT2D eigenvalue weighted by Gasteiger charge is 2.32. The summed E-state index contributed by atoms with van der Waals surface area (Å²) in [6.07, 6.45) is 2.40. The Morgan fingerprint density at radius 3 is 2.86 bits per heavy atom. The standard InChI is InChI=1S/C14H19N3O3S2/c1-10-14(11(2)16-15-10)22(18,19)17-6-5-13(21-9-7-17)12-4-3-8-20-12/h3-4,8,13H,5-7,9H2,1-2H3,(H,15,16). The summed E-state index contributed by atoms with van der Waals surface area (Å²) >= 11 is 1.74. The van der Waals surface area contributed by atoms with Crippen molar-refractivity contribution in [3.8, 4) is 0 Å². The van der Waals surface area contributed by atoms with Gasteiger partial charge in [0.05, 0.1) is 22.9 Å². The van der Waals surface area contributed by atoms with Crippen molar-refractivity contribution in [2.45, 2.75) is 30.4 Å². The first-order chi connectivity index (χ1) is 10.5. The molecule has 2 aromatic heterocycles. The van der Waals surface area contributed by atoms with Crippen LogP contribution in [0, 0.1) is 13.8 Å². The number of aromatic amines is 1. The van der Waals surface area contributed by atoms with E-state index in [0.29, 0.717) is 29.4 Å². The van der Waals surface area contributed by atoms with Crippen molar-refractivity contribution in [1.82, 2.24) is 14.5 Å². The summed E-state index contributed by atoms with van der Waals surface area (Å²) in [5.74, 6) is 1.67. The minimum absolute atomic E-state index is 0.210. The van der Waals surface area contributed by atoms with E-state index >= 15 is 0 Å². The van der Waals surface area contributed by atoms with Gasteiger partial charge in [-0.25, -0.2) is 8.42 Å². The Morgan fingerprint density at radius 1 is 1.41 bits per heavy atom. The van der Waals surface area contributed by atoms with E-state index < -0.39 is 10.0 Å². The second kappa shape index (κ2) is 6.10. The lowest BCUT2D eigenvalue weighted by Gasteiger charge is -2.19. The highest BCUT2D eigenvalue weighted by atomic mass is 32.2. The Morgan fingerprint density at radius 2 is 2.23 bits per heavy atom. The minimum atomic E-state index is -3.50. The van der Waals surface area contributed by atoms with E-state index in [1.165, 1.54) is 0 Å². The van der Waals surface area contributed by atoms with Gasteiger partial charge in [-0.05, 0) is 32.4 Å². The summed E-state index contributed by atoms with van der Waals surface area (Å²) in [5.41, 5.74) is 1.12. The van der Waals surface area contributed by atoms with Gasteiger partial charge in [0.15, 0.2) is 0 Å². The van der Waals surface area contributed by atoms with Crippen molar-refractivity contribution >= 4 is 21.8 Å². The Balaban J connectivity index is 1.81. The number of furan rings is 1. The molecule has 0 amide bonds. The monoisotopic (exact) mass is 341 g/mol. The van der Waals surface area contributed by atoms with Crippen molar-refractivity contribution in [3.05, 3.63) is 35.5 Å². The molecule has 8 heteroatoms. The number of rotatable bonds is 3. The average molecular weight is 341 g/mol. The number of nitrogens with one attached hydrogen (secondary N) is 1. The number of thioether (sulfide) groups is 1. The second-order valence-corrected chi connectivity index (χ2v) is 8.52. The maximum absolute atomic E-state index is 12.9. The molecule has 0 bridgehead atoms. The van der Waals surface area contributed by atoms with Crippen LogP contribution in [-0.4, -0.2) is 41.8 Å². The average Bonchev–Trinajstić information content (AvgIpc) is 3.03. The summed E-state index contributed by atoms with van der Waals surface area (Å²) in [5, 5.41) is 6.97. The lowest BCUT2D eigenvalue weighted by molar-refractivity contribution is 0.416. The summed E-state index contributed by atoms with van der Waals surface area (Å²) in [4.78, 5) is 0.314. The molecule has 0 radical (unpaired) electrons. The van der Waals surface area contributed by atoms with Crippen molar-refractivity contribution in [1.29, 1.82) is 0 Å². The zero-order valence-electron chi connectivity index (χ0n) is 12.6. The summed E-state index contributed by atoms with van der Waals surface area (Å²) in [6, 6.07) is 3.82. The maximum atomic E-state index is 12.9. The van der Waals surface area contributed by atoms with Crippen molar-refractivity contribution < 1.29 is 12.8 Å². The highest BCUT2D eigenvalue weighted by Crippen LogP contribution is 2.36. The van der Waals surface area contributed by atoms with Crippen LogP contribution in [-0.2, 0) is 10.0 Å². The van der Waals surface area contributed by atoms with Gasteiger partial charge >= 0.3 is 0 Å². The molecular formula is C14H19N3O3S2. The quantitative estimate of drug-likeness (QED) is 0.928. The van der Waals surface area contributed by atoms with Gasteiger partial charge in [0, 0.05) is 18.8 Å². The van der Waals surface area contributed by atoms with E-state index in [4.69, 9.17) is 4.42 Å². The number of H-pyrrole nitrogens is 1. The first-order valence-electron chi connectivity index (χ1n) is 7.17. The molecule has 0 spiro atoms. The smallest absolute Gasteiger partial charge is 0.246 e. The molecule has 120 valence electrons. The molecule has 1 unspecified atom stereocenters. The van der Waals surface area contributed by atoms with Crippen LogP contribution in [0.4, 0.5) is 0 Å². The van der Waals surface area contributed by atoms with Crippen molar-refractivity contribution in [2.75, 3.05) is 18.8 Å². The molecule has 0 aliphatic carbocycles. The SMILES string of the molecule is Cc1n[nH]c(C)c1S(=O)(=O)N1CCSC(c2ccco2)CC1. The highest BCUT2D eigenvalue weighted by molar-refractivity contribution is 7.99. The Hall–Kier alpha value is -1.25. The number of nitrogens with zero attached hydrogens (tertiary/aromatic N) is 2. The van der Waals surface area contributed by atoms with Gasteiger partial charge in [-0.1, -0.05) is 0 Å². The van der Waals surface area contributed by atoms with E-state index in [2.05, 4.69) is 10.2 Å². The Labute approximate surface area is 134 Å². The molecule has 0 aromatic carbocycles. The minimum Gasteiger partial charge on any atom is -0.468 e. The van der Waals surface area contributed by atoms with Gasteiger partial charge in [-0.15, -0.1) is 11.8 Å². The third kappa shape index (κ3) is 2.82. The molecule has 1 fully saturated rings. The first kappa shape index (κ1) is 15.6. The number of hydrogen-bond acceptors (Lipinski definition) is 5. The van der Waals surface area contributed by atoms with Crippen LogP contribution in [0.25, 0.3) is 0 Å². The van der Waals surface area contributed by atoms with Crippen LogP contribution in [0.3, 0.4) is 0 Å². The summed E-state index contributed by atoms with van der Waals surface area (Å²) < 4.78 is 32.8. The molecule has 1 aliphatic heterocycles. The van der Waals surface area contributed by atoms with Crippen LogP contribution in [0.15, 0.2) is 27.7 Å². The van der Waals surface area contributed by atoms with Gasteiger partial charge in [0.1, 0.15) is 10.7 Å². The fourth-order valence-corrected chi connectivity index (χ4v) is 5.83. The largest absolute Gasteiger partial charge is 0.468 e. The zero-order chi connectivity index (χ0) is 15.7. The van der Waals surface area contributed by atoms with Crippen LogP contribution in [0.1, 0.15) is 28.8 Å². The summed E-state index contributed by atoms with van der Waals surface area (Å²) in [6.45, 7) is 4.46. The van der Waals surface area contributed by atoms with Crippen LogP contribution in [0.2, 0.25) is 0 Å². The van der Waals surface area contributed by atoms with Crippen LogP contribution < -0.4 is 0 Å². The number of aromatic nitrogens is 2. The molecule has 0 saturated carbocycles. The number of hydrogen-bond donors (Lipinski definition) is 1. The van der Waals surface area contributed by atoms with Crippen molar-refractivity contribution in [2.24, 2.45) is 0 Å². The molecule has 1 atom stereocenters. The molecule has 6 nitrogen and oxygen atoms in total. The van der Waals surface area contributed by atoms with Gasteiger partial charge in [-0.3, -0.25) is 5.10 Å². The topological polar surface area (TPSA) is 79.2 Å². The third-order valence-electron chi connectivity index (χ3n) is 3.82. The molecule has 1 N–H and O–H groups in total. The van der Waals surface area contributed by atoms with Crippen LogP contribution >= 0.6 is 11.8 Å². The lowest BCUT2D eigenvalue weighted by atomic mass is 10.2. The Kier molecular flexibility index (Phi) is 4.33. The molecular weight excluding hydrogens is 322 g/mol. The number of aryl methyl sites for hydroxylation is 2. The molecule has 22 heavy (non-hydrogen) atoms. The molecule has 1 saturated heterocycles. The number of sulfonamides is 1. The summed E-state index contributed by atoms with van der Waals surface area (Å²) in [7, 11) is -3.50. The molecule has 1 aliphatic rings. The third-order valence-corrected chi connectivity index (χ3v) is 7.27. The van der Waals surface area contributed by atoms with E-state index in [0.717, 1.165) is 17.9 Å². The van der Waals surface area contributed by atoms with E-state index in [-0.39, 0.29) is 5.25 Å². The Bertz CT molecular complexity index is 718. The second-order valence-electron chi connectivity index (χ2n) is 5.33. The van der Waals surface area contributed by atoms with Gasteiger partial charge in [0.25, 0.3) is 0 Å². The predicted octanol–water partition coefficient (Wildman–Crippen LogP) is 2.49. The fraction of sp³-hybridized carbons (Fsp3) is 0.500.